The van der Waals surface area contributed by atoms with Gasteiger partial charge in [-0.05, 0) is 0 Å². The largest absolute Gasteiger partial charge is 3.00 e. The molecule has 0 amide bonds. The summed E-state index contributed by atoms with van der Waals surface area (Å²) in [6.45, 7) is 0. The minimum absolute atomic E-state index is 0. The summed E-state index contributed by atoms with van der Waals surface area (Å²) in [7, 11) is 0. The van der Waals surface area contributed by atoms with Crippen LogP contribution in [0, 0.1) is 0 Å². The van der Waals surface area contributed by atoms with Crippen molar-refractivity contribution in [3.63, 3.8) is 0 Å². The Labute approximate surface area is 68.6 Å². The van der Waals surface area contributed by atoms with Gasteiger partial charge in [0.15, 0.2) is 0 Å². The van der Waals surface area contributed by atoms with Crippen LogP contribution in [0.15, 0.2) is 0 Å². The molecule has 0 saturated heterocycles. The molecule has 44 valence electrons. The van der Waals surface area contributed by atoms with Gasteiger partial charge in [0.05, 0.1) is 0 Å². The molecule has 0 unspecified atom stereocenters. The Hall–Kier alpha value is 0.822. The number of halogens is 1. The van der Waals surface area contributed by atoms with E-state index < -0.39 is 0 Å². The molecule has 8 heavy (non-hydrogen) atoms. The van der Waals surface area contributed by atoms with Gasteiger partial charge in [-0.15, -0.1) is 0 Å². The first kappa shape index (κ1) is 11.6. The molecule has 0 aliphatic heterocycles. The zero-order valence-electron chi connectivity index (χ0n) is 5.20. The van der Waals surface area contributed by atoms with E-state index in [4.69, 9.17) is 0 Å². The van der Waals surface area contributed by atoms with Crippen LogP contribution in [0.2, 0.25) is 0 Å². The van der Waals surface area contributed by atoms with Crippen LogP contribution in [0.5, 0.6) is 0 Å². The van der Waals surface area contributed by atoms with E-state index >= 15 is 0 Å². The quantitative estimate of drug-likeness (QED) is 0.383. The normalized spacial score (nSPS) is 18.0. The second kappa shape index (κ2) is 7.82. The molecule has 0 nitrogen and oxygen atoms in total. The van der Waals surface area contributed by atoms with E-state index in [9.17, 15) is 0 Å². The first-order valence-electron chi connectivity index (χ1n) is 3.00. The van der Waals surface area contributed by atoms with Crippen molar-refractivity contribution in [2.24, 2.45) is 0 Å². The van der Waals surface area contributed by atoms with Gasteiger partial charge in [0.2, 0.25) is 0 Å². The third-order valence-corrected chi connectivity index (χ3v) is 1.50. The van der Waals surface area contributed by atoms with Crippen molar-refractivity contribution in [2.75, 3.05) is 0 Å². The molecule has 0 bridgehead atoms. The van der Waals surface area contributed by atoms with Crippen molar-refractivity contribution >= 4 is 17.4 Å². The third kappa shape index (κ3) is 4.97. The fourth-order valence-corrected chi connectivity index (χ4v) is 1.06. The van der Waals surface area contributed by atoms with Crippen molar-refractivity contribution in [3.8, 4) is 0 Å². The van der Waals surface area contributed by atoms with Crippen LogP contribution >= 0.6 is 0 Å². The summed E-state index contributed by atoms with van der Waals surface area (Å²) in [6.07, 6.45) is 9.00. The van der Waals surface area contributed by atoms with Crippen LogP contribution in [0.1, 0.15) is 38.5 Å². The molecule has 2 heteroatoms. The van der Waals surface area contributed by atoms with E-state index in [1.807, 2.05) is 0 Å². The predicted octanol–water partition coefficient (Wildman–Crippen LogP) is -1.04. The summed E-state index contributed by atoms with van der Waals surface area (Å²) in [5, 5.41) is 0. The molecule has 0 heterocycles. The van der Waals surface area contributed by atoms with Gasteiger partial charge in [-0.3, -0.25) is 0 Å². The molecule has 0 aromatic rings. The fraction of sp³-hybridized carbons (Fsp3) is 1.00. The van der Waals surface area contributed by atoms with Crippen molar-refractivity contribution in [1.29, 1.82) is 0 Å². The zero-order chi connectivity index (χ0) is 4.24. The van der Waals surface area contributed by atoms with Gasteiger partial charge in [0.25, 0.3) is 0 Å². The molecule has 0 aromatic carbocycles. The molecule has 1 saturated carbocycles. The summed E-state index contributed by atoms with van der Waals surface area (Å²) in [5.74, 6) is 0. The van der Waals surface area contributed by atoms with Crippen LogP contribution in [0.4, 0.5) is 0 Å². The predicted molar refractivity (Wildman–Crippen MR) is 33.5 cm³/mol. The third-order valence-electron chi connectivity index (χ3n) is 1.50. The Balaban J connectivity index is 0. The van der Waals surface area contributed by atoms with Crippen molar-refractivity contribution in [3.05, 3.63) is 0 Å². The first-order valence-corrected chi connectivity index (χ1v) is 3.00. The van der Waals surface area contributed by atoms with Gasteiger partial charge < -0.3 is 12.4 Å². The molecule has 0 N–H and O–H groups in total. The molecule has 1 rings (SSSR count). The van der Waals surface area contributed by atoms with E-state index in [1.54, 1.807) is 0 Å². The second-order valence-electron chi connectivity index (χ2n) is 2.12. The molecule has 0 aromatic heterocycles. The molecule has 0 atom stereocenters. The summed E-state index contributed by atoms with van der Waals surface area (Å²) in [6, 6.07) is 0. The van der Waals surface area contributed by atoms with E-state index in [0.29, 0.717) is 0 Å². The van der Waals surface area contributed by atoms with E-state index in [2.05, 4.69) is 0 Å². The van der Waals surface area contributed by atoms with Crippen LogP contribution in [-0.2, 0) is 0 Å². The maximum absolute atomic E-state index is 1.50. The van der Waals surface area contributed by atoms with Crippen LogP contribution in [0.25, 0.3) is 0 Å². The topological polar surface area (TPSA) is 0 Å². The summed E-state index contributed by atoms with van der Waals surface area (Å²) >= 11 is 0. The Kier molecular flexibility index (Phi) is 11.3. The smallest absolute Gasteiger partial charge is 1.00 e. The van der Waals surface area contributed by atoms with Gasteiger partial charge >= 0.3 is 17.4 Å². The maximum atomic E-state index is 1.50. The Bertz CT molecular complexity index is 24.0. The second-order valence-corrected chi connectivity index (χ2v) is 2.12. The SMILES string of the molecule is C1CCCCC1.[Al+3].[Cl-]. The van der Waals surface area contributed by atoms with E-state index in [-0.39, 0.29) is 29.8 Å². The molecular weight excluding hydrogens is 135 g/mol. The summed E-state index contributed by atoms with van der Waals surface area (Å²) in [4.78, 5) is 0. The van der Waals surface area contributed by atoms with Gasteiger partial charge in [0.1, 0.15) is 0 Å². The van der Waals surface area contributed by atoms with Crippen LogP contribution in [0.3, 0.4) is 0 Å². The Morgan fingerprint density at radius 2 is 0.625 bits per heavy atom. The van der Waals surface area contributed by atoms with Gasteiger partial charge in [0, 0.05) is 0 Å². The van der Waals surface area contributed by atoms with Crippen molar-refractivity contribution in [2.45, 2.75) is 38.5 Å². The minimum atomic E-state index is 0. The van der Waals surface area contributed by atoms with Gasteiger partial charge in [-0.2, -0.15) is 0 Å². The minimum Gasteiger partial charge on any atom is -1.00 e. The summed E-state index contributed by atoms with van der Waals surface area (Å²) < 4.78 is 0. The zero-order valence-corrected chi connectivity index (χ0v) is 7.11. The Morgan fingerprint density at radius 3 is 0.750 bits per heavy atom. The Morgan fingerprint density at radius 1 is 0.500 bits per heavy atom. The average molecular weight is 147 g/mol. The number of hydrogen-bond donors (Lipinski definition) is 0. The van der Waals surface area contributed by atoms with E-state index in [0.717, 1.165) is 0 Å². The molecule has 0 radical (unpaired) electrons. The molecule has 0 spiro atoms. The van der Waals surface area contributed by atoms with Crippen molar-refractivity contribution < 1.29 is 12.4 Å². The maximum Gasteiger partial charge on any atom is 3.00 e. The monoisotopic (exact) mass is 146 g/mol. The molecular formula is C6H12AlCl+2. The molecule has 1 fully saturated rings. The fourth-order valence-electron chi connectivity index (χ4n) is 1.06. The number of hydrogen-bond acceptors (Lipinski definition) is 0. The average Bonchev–Trinajstić information content (AvgIpc) is 1.72. The van der Waals surface area contributed by atoms with Crippen LogP contribution in [-0.4, -0.2) is 17.4 Å². The standard InChI is InChI=1S/C6H12.Al.ClH/c1-2-4-6-5-3-1;;/h1-6H2;;1H/q;+3;/p-1. The van der Waals surface area contributed by atoms with Gasteiger partial charge in [-0.1, -0.05) is 38.5 Å². The molecule has 1 aliphatic carbocycles. The molecule has 1 aliphatic rings. The first-order chi connectivity index (χ1) is 3.00. The van der Waals surface area contributed by atoms with Crippen LogP contribution < -0.4 is 12.4 Å². The van der Waals surface area contributed by atoms with E-state index in [1.165, 1.54) is 38.5 Å². The van der Waals surface area contributed by atoms with Gasteiger partial charge in [-0.25, -0.2) is 0 Å². The van der Waals surface area contributed by atoms with Crippen molar-refractivity contribution in [1.82, 2.24) is 0 Å². The number of rotatable bonds is 0. The summed E-state index contributed by atoms with van der Waals surface area (Å²) in [5.41, 5.74) is 0.